The number of hydrazone groups is 1. The lowest BCUT2D eigenvalue weighted by Gasteiger charge is -2.11. The predicted molar refractivity (Wildman–Crippen MR) is 81.1 cm³/mol. The maximum absolute atomic E-state index is 12.9. The van der Waals surface area contributed by atoms with Crippen molar-refractivity contribution < 1.29 is 14.3 Å². The second-order valence-corrected chi connectivity index (χ2v) is 5.16. The summed E-state index contributed by atoms with van der Waals surface area (Å²) in [5.41, 5.74) is 2.45. The summed E-state index contributed by atoms with van der Waals surface area (Å²) in [7, 11) is 0. The normalized spacial score (nSPS) is 14.0. The Morgan fingerprint density at radius 2 is 1.82 bits per heavy atom. The zero-order valence-corrected chi connectivity index (χ0v) is 11.9. The summed E-state index contributed by atoms with van der Waals surface area (Å²) in [5.74, 6) is -0.209. The third kappa shape index (κ3) is 3.14. The molecule has 5 heteroatoms. The average molecular weight is 298 g/mol. The molecular formula is C17H15FN2O2. The molecule has 1 heterocycles. The van der Waals surface area contributed by atoms with Gasteiger partial charge in [-0.25, -0.2) is 9.40 Å². The highest BCUT2D eigenvalue weighted by Crippen LogP contribution is 2.16. The summed E-state index contributed by atoms with van der Waals surface area (Å²) < 4.78 is 12.9. The minimum absolute atomic E-state index is 0.0946. The van der Waals surface area contributed by atoms with Gasteiger partial charge in [0.25, 0.3) is 0 Å². The number of amides is 1. The Bertz CT molecular complexity index is 708. The number of nitrogens with zero attached hydrogens (tertiary/aromatic N) is 2. The van der Waals surface area contributed by atoms with Crippen LogP contribution in [0.2, 0.25) is 0 Å². The van der Waals surface area contributed by atoms with E-state index in [1.54, 1.807) is 36.4 Å². The van der Waals surface area contributed by atoms with Crippen LogP contribution in [0.25, 0.3) is 0 Å². The summed E-state index contributed by atoms with van der Waals surface area (Å²) in [6.45, 7) is 0.531. The molecule has 112 valence electrons. The van der Waals surface area contributed by atoms with Gasteiger partial charge in [-0.2, -0.15) is 5.10 Å². The second-order valence-electron chi connectivity index (χ2n) is 5.16. The Morgan fingerprint density at radius 3 is 2.50 bits per heavy atom. The molecule has 0 spiro atoms. The van der Waals surface area contributed by atoms with E-state index in [4.69, 9.17) is 0 Å². The van der Waals surface area contributed by atoms with Crippen molar-refractivity contribution in [1.29, 1.82) is 0 Å². The Balaban J connectivity index is 1.69. The van der Waals surface area contributed by atoms with Crippen molar-refractivity contribution in [2.45, 2.75) is 12.8 Å². The van der Waals surface area contributed by atoms with E-state index in [9.17, 15) is 14.3 Å². The quantitative estimate of drug-likeness (QED) is 0.947. The SMILES string of the molecule is O=C(Cc1ccc(O)cc1)N1CCC(c2ccc(F)cc2)=N1. The molecule has 0 saturated heterocycles. The number of rotatable bonds is 3. The Labute approximate surface area is 127 Å². The Kier molecular flexibility index (Phi) is 3.87. The number of aromatic hydroxyl groups is 1. The summed E-state index contributed by atoms with van der Waals surface area (Å²) >= 11 is 0. The molecule has 0 unspecified atom stereocenters. The van der Waals surface area contributed by atoms with E-state index < -0.39 is 0 Å². The molecule has 0 radical (unpaired) electrons. The molecule has 0 aliphatic carbocycles. The van der Waals surface area contributed by atoms with Gasteiger partial charge >= 0.3 is 0 Å². The maximum atomic E-state index is 12.9. The van der Waals surface area contributed by atoms with Crippen molar-refractivity contribution >= 4 is 11.6 Å². The number of carbonyl (C=O) groups is 1. The van der Waals surface area contributed by atoms with Crippen LogP contribution >= 0.6 is 0 Å². The second kappa shape index (κ2) is 5.97. The molecule has 1 aliphatic rings. The van der Waals surface area contributed by atoms with Crippen molar-refractivity contribution in [3.63, 3.8) is 0 Å². The van der Waals surface area contributed by atoms with E-state index in [0.29, 0.717) is 13.0 Å². The first-order chi connectivity index (χ1) is 10.6. The third-order valence-electron chi connectivity index (χ3n) is 3.56. The van der Waals surface area contributed by atoms with Gasteiger partial charge in [0.1, 0.15) is 11.6 Å². The molecular weight excluding hydrogens is 283 g/mol. The summed E-state index contributed by atoms with van der Waals surface area (Å²) in [6.07, 6.45) is 0.896. The molecule has 22 heavy (non-hydrogen) atoms. The number of hydrogen-bond donors (Lipinski definition) is 1. The van der Waals surface area contributed by atoms with E-state index in [0.717, 1.165) is 16.8 Å². The fourth-order valence-electron chi connectivity index (χ4n) is 2.36. The fraction of sp³-hybridized carbons (Fsp3) is 0.176. The standard InChI is InChI=1S/C17H15FN2O2/c18-14-5-3-13(4-6-14)16-9-10-20(19-16)17(22)11-12-1-7-15(21)8-2-12/h1-8,21H,9-11H2. The van der Waals surface area contributed by atoms with Gasteiger partial charge in [-0.15, -0.1) is 0 Å². The highest BCUT2D eigenvalue weighted by molar-refractivity contribution is 6.02. The molecule has 4 nitrogen and oxygen atoms in total. The average Bonchev–Trinajstić information content (AvgIpc) is 3.00. The van der Waals surface area contributed by atoms with Crippen LogP contribution in [-0.4, -0.2) is 28.3 Å². The first kappa shape index (κ1) is 14.3. The molecule has 2 aromatic carbocycles. The number of phenols is 1. The monoisotopic (exact) mass is 298 g/mol. The van der Waals surface area contributed by atoms with Crippen LogP contribution < -0.4 is 0 Å². The van der Waals surface area contributed by atoms with E-state index in [2.05, 4.69) is 5.10 Å². The number of halogens is 1. The number of benzene rings is 2. The largest absolute Gasteiger partial charge is 0.508 e. The fourth-order valence-corrected chi connectivity index (χ4v) is 2.36. The van der Waals surface area contributed by atoms with Gasteiger partial charge in [-0.1, -0.05) is 24.3 Å². The molecule has 0 bridgehead atoms. The zero-order chi connectivity index (χ0) is 15.5. The number of phenolic OH excluding ortho intramolecular Hbond substituents is 1. The van der Waals surface area contributed by atoms with E-state index in [1.807, 2.05) is 0 Å². The van der Waals surface area contributed by atoms with Crippen LogP contribution in [0, 0.1) is 5.82 Å². The van der Waals surface area contributed by atoms with Gasteiger partial charge < -0.3 is 5.11 Å². The number of hydrogen-bond acceptors (Lipinski definition) is 3. The molecule has 0 fully saturated rings. The molecule has 1 N–H and O–H groups in total. The van der Waals surface area contributed by atoms with Gasteiger partial charge in [0.05, 0.1) is 18.7 Å². The minimum Gasteiger partial charge on any atom is -0.508 e. The van der Waals surface area contributed by atoms with Crippen molar-refractivity contribution in [3.05, 3.63) is 65.5 Å². The molecule has 0 saturated carbocycles. The van der Waals surface area contributed by atoms with Crippen LogP contribution in [-0.2, 0) is 11.2 Å². The molecule has 1 aliphatic heterocycles. The molecule has 2 aromatic rings. The zero-order valence-electron chi connectivity index (χ0n) is 11.9. The highest BCUT2D eigenvalue weighted by Gasteiger charge is 2.21. The predicted octanol–water partition coefficient (Wildman–Crippen LogP) is 2.71. The van der Waals surface area contributed by atoms with Crippen molar-refractivity contribution in [1.82, 2.24) is 5.01 Å². The lowest BCUT2D eigenvalue weighted by atomic mass is 10.1. The molecule has 3 rings (SSSR count). The van der Waals surface area contributed by atoms with Crippen LogP contribution in [0.15, 0.2) is 53.6 Å². The lowest BCUT2D eigenvalue weighted by molar-refractivity contribution is -0.130. The smallest absolute Gasteiger partial charge is 0.247 e. The first-order valence-corrected chi connectivity index (χ1v) is 7.03. The van der Waals surface area contributed by atoms with Gasteiger partial charge in [0, 0.05) is 6.42 Å². The molecule has 1 amide bonds. The van der Waals surface area contributed by atoms with Crippen LogP contribution in [0.5, 0.6) is 5.75 Å². The van der Waals surface area contributed by atoms with Gasteiger partial charge in [-0.05, 0) is 35.4 Å². The van der Waals surface area contributed by atoms with Crippen LogP contribution in [0.3, 0.4) is 0 Å². The molecule has 0 aromatic heterocycles. The number of carbonyl (C=O) groups excluding carboxylic acids is 1. The van der Waals surface area contributed by atoms with E-state index in [-0.39, 0.29) is 23.9 Å². The van der Waals surface area contributed by atoms with E-state index >= 15 is 0 Å². The van der Waals surface area contributed by atoms with Gasteiger partial charge in [-0.3, -0.25) is 4.79 Å². The van der Waals surface area contributed by atoms with Gasteiger partial charge in [0.15, 0.2) is 0 Å². The van der Waals surface area contributed by atoms with Crippen molar-refractivity contribution in [2.75, 3.05) is 6.54 Å². The summed E-state index contributed by atoms with van der Waals surface area (Å²) in [6, 6.07) is 12.7. The third-order valence-corrected chi connectivity index (χ3v) is 3.56. The Hall–Kier alpha value is -2.69. The summed E-state index contributed by atoms with van der Waals surface area (Å²) in [5, 5.41) is 15.0. The minimum atomic E-state index is -0.289. The lowest BCUT2D eigenvalue weighted by Crippen LogP contribution is -2.25. The Morgan fingerprint density at radius 1 is 1.14 bits per heavy atom. The van der Waals surface area contributed by atoms with Gasteiger partial charge in [0.2, 0.25) is 5.91 Å². The highest BCUT2D eigenvalue weighted by atomic mass is 19.1. The first-order valence-electron chi connectivity index (χ1n) is 7.03. The molecule has 0 atom stereocenters. The van der Waals surface area contributed by atoms with Crippen LogP contribution in [0.1, 0.15) is 17.5 Å². The van der Waals surface area contributed by atoms with Crippen LogP contribution in [0.4, 0.5) is 4.39 Å². The van der Waals surface area contributed by atoms with E-state index in [1.165, 1.54) is 17.1 Å². The summed E-state index contributed by atoms with van der Waals surface area (Å²) in [4.78, 5) is 12.2. The maximum Gasteiger partial charge on any atom is 0.247 e. The topological polar surface area (TPSA) is 52.9 Å². The van der Waals surface area contributed by atoms with Crippen molar-refractivity contribution in [3.8, 4) is 5.75 Å². The van der Waals surface area contributed by atoms with Crippen molar-refractivity contribution in [2.24, 2.45) is 5.10 Å².